The van der Waals surface area contributed by atoms with E-state index in [1.54, 1.807) is 12.2 Å². The van der Waals surface area contributed by atoms with Gasteiger partial charge in [-0.05, 0) is 210 Å². The summed E-state index contributed by atoms with van der Waals surface area (Å²) in [5.74, 6) is 0. The molecule has 18 aromatic rings. The number of hydrogen-bond donors (Lipinski definition) is 0. The molecule has 0 aliphatic rings. The first-order chi connectivity index (χ1) is 52.1. The molecular weight excluding hydrogens is 1280 g/mol. The number of aryl methyl sites for hydroxylation is 2. The Morgan fingerprint density at radius 2 is 0.547 bits per heavy atom. The Bertz CT molecular complexity index is 6470. The van der Waals surface area contributed by atoms with Gasteiger partial charge in [0.2, 0.25) is 0 Å². The van der Waals surface area contributed by atoms with Crippen molar-refractivity contribution >= 4 is 76.3 Å². The van der Waals surface area contributed by atoms with Crippen molar-refractivity contribution in [3.8, 4) is 89.8 Å². The first kappa shape index (κ1) is 65.5. The molecule has 0 amide bonds. The molecule has 106 heavy (non-hydrogen) atoms. The fourth-order valence-electron chi connectivity index (χ4n) is 15.5. The van der Waals surface area contributed by atoms with Gasteiger partial charge in [0, 0.05) is 44.3 Å². The summed E-state index contributed by atoms with van der Waals surface area (Å²) in [7, 11) is 0. The minimum absolute atomic E-state index is 0.917. The maximum Gasteiger partial charge on any atom is 0.0542 e. The average Bonchev–Trinajstić information content (AvgIpc) is 1.58. The summed E-state index contributed by atoms with van der Waals surface area (Å²) in [6, 6.07) is 123. The molecule has 0 unspecified atom stereocenters. The second-order valence-electron chi connectivity index (χ2n) is 27.2. The Morgan fingerprint density at radius 1 is 0.255 bits per heavy atom. The fraction of sp³-hybridized carbons (Fsp3) is 0.0196. The molecule has 4 heterocycles. The van der Waals surface area contributed by atoms with Crippen LogP contribution in [0.15, 0.2) is 402 Å². The van der Waals surface area contributed by atoms with Crippen LogP contribution < -0.4 is 0 Å². The number of hydrogen-bond acceptors (Lipinski definition) is 0. The van der Waals surface area contributed by atoms with Gasteiger partial charge in [-0.1, -0.05) is 305 Å². The van der Waals surface area contributed by atoms with Crippen LogP contribution in [0.1, 0.15) is 22.5 Å². The first-order valence-corrected chi connectivity index (χ1v) is 36.1. The predicted molar refractivity (Wildman–Crippen MR) is 454 cm³/mol. The van der Waals surface area contributed by atoms with E-state index in [0.29, 0.717) is 0 Å². The summed E-state index contributed by atoms with van der Waals surface area (Å²) in [5.41, 5.74) is 29.9. The van der Waals surface area contributed by atoms with E-state index in [4.69, 9.17) is 0 Å². The monoisotopic (exact) mass is 1360 g/mol. The number of fused-ring (bicyclic) bond motifs is 6. The van der Waals surface area contributed by atoms with Crippen LogP contribution in [-0.2, 0) is 0 Å². The van der Waals surface area contributed by atoms with E-state index in [1.807, 2.05) is 24.3 Å². The van der Waals surface area contributed by atoms with Gasteiger partial charge >= 0.3 is 0 Å². The molecule has 0 saturated heterocycles. The van der Waals surface area contributed by atoms with Gasteiger partial charge in [0.25, 0.3) is 0 Å². The van der Waals surface area contributed by atoms with Gasteiger partial charge in [0.05, 0.1) is 44.8 Å². The minimum atomic E-state index is 0.917. The Balaban J connectivity index is 0.000000157. The number of allylic oxidation sites excluding steroid dienone is 8. The number of benzene rings is 14. The molecule has 0 aliphatic carbocycles. The lowest BCUT2D eigenvalue weighted by molar-refractivity contribution is 1.10. The van der Waals surface area contributed by atoms with E-state index in [0.717, 1.165) is 89.5 Å². The van der Waals surface area contributed by atoms with Gasteiger partial charge in [0.1, 0.15) is 0 Å². The van der Waals surface area contributed by atoms with Crippen LogP contribution in [0, 0.1) is 13.8 Å². The summed E-state index contributed by atoms with van der Waals surface area (Å²) in [4.78, 5) is 0. The molecule has 0 aliphatic heterocycles. The third-order valence-corrected chi connectivity index (χ3v) is 20.7. The Hall–Kier alpha value is -13.8. The predicted octanol–water partition coefficient (Wildman–Crippen LogP) is 27.6. The van der Waals surface area contributed by atoms with E-state index >= 15 is 0 Å². The molecule has 0 spiro atoms. The summed E-state index contributed by atoms with van der Waals surface area (Å²) in [5, 5.41) is 9.63. The zero-order valence-corrected chi connectivity index (χ0v) is 59.4. The smallest absolute Gasteiger partial charge is 0.0542 e. The van der Waals surface area contributed by atoms with Crippen molar-refractivity contribution in [3.05, 3.63) is 425 Å². The van der Waals surface area contributed by atoms with Crippen molar-refractivity contribution in [1.29, 1.82) is 0 Å². The molecule has 504 valence electrons. The van der Waals surface area contributed by atoms with Crippen molar-refractivity contribution in [2.45, 2.75) is 13.8 Å². The standard InChI is InChI=1S/C54H38N2.C48H38N2/c1-3-4-14-37(2)51-33-43-35-54-44(36-53(43)55(51)45-29-25-40(26-30-45)49-23-12-19-38-15-8-10-21-47(38)49)34-52(42-17-6-5-7-18-42)56(54)46-31-27-41(28-32-46)50-24-13-20-39-16-9-11-22-48(39)50;1-5-6-14-35(4)45-29-39-31-48-40(32-47(39)49(45)41-25-21-36(22-26-41)43-19-12-10-15-33(43)2)30-46(38-17-8-7-9-18-38)50(48)42-27-23-37(24-28-42)44-20-13-11-16-34(44)3/h3-36H,1-2H2;5-32H,1,4H2,2-3H3/b14-4-;14-6-. The van der Waals surface area contributed by atoms with Crippen molar-refractivity contribution in [3.63, 3.8) is 0 Å². The Labute approximate surface area is 619 Å². The van der Waals surface area contributed by atoms with Gasteiger partial charge in [-0.25, -0.2) is 0 Å². The van der Waals surface area contributed by atoms with Crippen molar-refractivity contribution in [1.82, 2.24) is 18.3 Å². The maximum absolute atomic E-state index is 4.51. The molecule has 0 atom stereocenters. The largest absolute Gasteiger partial charge is 0.309 e. The SMILES string of the molecule is C=C/C=C\C(=C)c1cc2cc3c(cc(-c4ccccc4)n3-c3ccc(-c4cccc5ccccc45)cc3)cc2n1-c1ccc(-c2cccc3ccccc23)cc1.C=C/C=C\C(=C)c1cc2cc3c(cc(-c4ccccc4)n3-c3ccc(-c4ccccc4C)cc3)cc2n1-c1ccc(-c2ccccc2C)cc1. The molecule has 4 heteroatoms. The molecule has 18 rings (SSSR count). The van der Waals surface area contributed by atoms with E-state index in [9.17, 15) is 0 Å². The second-order valence-corrected chi connectivity index (χ2v) is 27.2. The van der Waals surface area contributed by atoms with Crippen LogP contribution in [0.4, 0.5) is 0 Å². The number of nitrogens with zero attached hydrogens (tertiary/aromatic N) is 4. The van der Waals surface area contributed by atoms with Crippen molar-refractivity contribution < 1.29 is 0 Å². The lowest BCUT2D eigenvalue weighted by atomic mass is 9.98. The van der Waals surface area contributed by atoms with Crippen LogP contribution in [0.2, 0.25) is 0 Å². The summed E-state index contributed by atoms with van der Waals surface area (Å²) in [6.07, 6.45) is 11.6. The zero-order chi connectivity index (χ0) is 71.8. The fourth-order valence-corrected chi connectivity index (χ4v) is 15.5. The molecule has 0 fully saturated rings. The quantitative estimate of drug-likeness (QED) is 0.0859. The molecule has 0 N–H and O–H groups in total. The summed E-state index contributed by atoms with van der Waals surface area (Å²) in [6.45, 7) is 21.1. The van der Waals surface area contributed by atoms with Gasteiger partial charge < -0.3 is 18.3 Å². The van der Waals surface area contributed by atoms with Gasteiger partial charge in [-0.15, -0.1) is 0 Å². The van der Waals surface area contributed by atoms with E-state index in [2.05, 4.69) is 398 Å². The Morgan fingerprint density at radius 3 is 0.915 bits per heavy atom. The number of aromatic nitrogens is 4. The third kappa shape index (κ3) is 12.2. The van der Waals surface area contributed by atoms with Crippen molar-refractivity contribution in [2.24, 2.45) is 0 Å². The number of rotatable bonds is 16. The van der Waals surface area contributed by atoms with Crippen LogP contribution in [0.3, 0.4) is 0 Å². The average molecular weight is 1360 g/mol. The summed E-state index contributed by atoms with van der Waals surface area (Å²) >= 11 is 0. The highest BCUT2D eigenvalue weighted by Gasteiger charge is 2.22. The molecule has 4 aromatic heterocycles. The minimum Gasteiger partial charge on any atom is -0.309 e. The highest BCUT2D eigenvalue weighted by atomic mass is 15.0. The molecule has 0 saturated carbocycles. The lowest BCUT2D eigenvalue weighted by Crippen LogP contribution is -1.99. The normalized spacial score (nSPS) is 11.6. The second kappa shape index (κ2) is 28.2. The molecule has 14 aromatic carbocycles. The molecule has 0 radical (unpaired) electrons. The van der Waals surface area contributed by atoms with Gasteiger partial charge in [-0.3, -0.25) is 0 Å². The summed E-state index contributed by atoms with van der Waals surface area (Å²) < 4.78 is 9.48. The van der Waals surface area contributed by atoms with E-state index < -0.39 is 0 Å². The first-order valence-electron chi connectivity index (χ1n) is 36.1. The van der Waals surface area contributed by atoms with Crippen LogP contribution in [-0.4, -0.2) is 18.3 Å². The van der Waals surface area contributed by atoms with Crippen LogP contribution in [0.25, 0.3) is 166 Å². The Kier molecular flexibility index (Phi) is 17.4. The molecular formula is C102H76N4. The zero-order valence-electron chi connectivity index (χ0n) is 59.4. The van der Waals surface area contributed by atoms with Gasteiger partial charge in [0.15, 0.2) is 0 Å². The highest BCUT2D eigenvalue weighted by molar-refractivity contribution is 6.05. The van der Waals surface area contributed by atoms with Gasteiger partial charge in [-0.2, -0.15) is 0 Å². The lowest BCUT2D eigenvalue weighted by Gasteiger charge is -2.14. The highest BCUT2D eigenvalue weighted by Crippen LogP contribution is 2.42. The van der Waals surface area contributed by atoms with Crippen LogP contribution in [0.5, 0.6) is 0 Å². The van der Waals surface area contributed by atoms with Crippen molar-refractivity contribution in [2.75, 3.05) is 0 Å². The third-order valence-electron chi connectivity index (χ3n) is 20.7. The van der Waals surface area contributed by atoms with E-state index in [-0.39, 0.29) is 0 Å². The molecule has 4 nitrogen and oxygen atoms in total. The van der Waals surface area contributed by atoms with Crippen LogP contribution >= 0.6 is 0 Å². The topological polar surface area (TPSA) is 19.7 Å². The molecule has 0 bridgehead atoms. The maximum atomic E-state index is 4.51. The van der Waals surface area contributed by atoms with E-state index in [1.165, 1.54) is 99.1 Å².